The Morgan fingerprint density at radius 2 is 1.81 bits per heavy atom. The lowest BCUT2D eigenvalue weighted by molar-refractivity contribution is 0.253. The Kier molecular flexibility index (Phi) is 5.22. The van der Waals surface area contributed by atoms with Gasteiger partial charge in [0.1, 0.15) is 18.2 Å². The maximum Gasteiger partial charge on any atom is 0.167 e. The van der Waals surface area contributed by atoms with Crippen LogP contribution in [0.2, 0.25) is 0 Å². The number of hydrogen-bond acceptors (Lipinski definition) is 2. The van der Waals surface area contributed by atoms with Crippen LogP contribution in [-0.4, -0.2) is 13.2 Å². The molecule has 0 fully saturated rings. The van der Waals surface area contributed by atoms with Gasteiger partial charge in [0.05, 0.1) is 6.04 Å². The second-order valence-electron chi connectivity index (χ2n) is 4.52. The Balaban J connectivity index is 2.12. The second kappa shape index (κ2) is 7.13. The average Bonchev–Trinajstić information content (AvgIpc) is 2.46. The summed E-state index contributed by atoms with van der Waals surface area (Å²) in [7, 11) is 0. The fourth-order valence-electron chi connectivity index (χ4n) is 2.03. The molecular formula is C16H16F3NO. The third kappa shape index (κ3) is 3.98. The molecule has 5 heteroatoms. The average molecular weight is 295 g/mol. The highest BCUT2D eigenvalue weighted by Gasteiger charge is 2.16. The van der Waals surface area contributed by atoms with E-state index in [1.165, 1.54) is 12.1 Å². The fraction of sp³-hybridized carbons (Fsp3) is 0.250. The van der Waals surface area contributed by atoms with E-state index in [2.05, 4.69) is 5.32 Å². The molecule has 112 valence electrons. The highest BCUT2D eigenvalue weighted by Crippen LogP contribution is 2.21. The molecular weight excluding hydrogens is 279 g/mol. The van der Waals surface area contributed by atoms with E-state index in [1.807, 2.05) is 6.92 Å². The Morgan fingerprint density at radius 3 is 2.48 bits per heavy atom. The zero-order valence-corrected chi connectivity index (χ0v) is 11.6. The lowest BCUT2D eigenvalue weighted by Crippen LogP contribution is -2.27. The van der Waals surface area contributed by atoms with Crippen LogP contribution in [-0.2, 0) is 0 Å². The lowest BCUT2D eigenvalue weighted by atomic mass is 10.1. The van der Waals surface area contributed by atoms with Gasteiger partial charge in [0.25, 0.3) is 0 Å². The van der Waals surface area contributed by atoms with Gasteiger partial charge in [0, 0.05) is 11.6 Å². The zero-order valence-electron chi connectivity index (χ0n) is 11.6. The normalized spacial score (nSPS) is 12.2. The maximum absolute atomic E-state index is 13.8. The van der Waals surface area contributed by atoms with Gasteiger partial charge in [-0.1, -0.05) is 25.1 Å². The molecule has 0 heterocycles. The summed E-state index contributed by atoms with van der Waals surface area (Å²) in [4.78, 5) is 0. The van der Waals surface area contributed by atoms with Gasteiger partial charge in [-0.3, -0.25) is 0 Å². The Morgan fingerprint density at radius 1 is 1.05 bits per heavy atom. The largest absolute Gasteiger partial charge is 0.489 e. The number of likely N-dealkylation sites (N-methyl/N-ethyl adjacent to an activating group) is 1. The second-order valence-corrected chi connectivity index (χ2v) is 4.52. The molecule has 1 N–H and O–H groups in total. The van der Waals surface area contributed by atoms with Crippen molar-refractivity contribution in [2.45, 2.75) is 13.0 Å². The first-order valence-corrected chi connectivity index (χ1v) is 6.67. The third-order valence-electron chi connectivity index (χ3n) is 3.03. The van der Waals surface area contributed by atoms with Gasteiger partial charge in [0.15, 0.2) is 11.6 Å². The van der Waals surface area contributed by atoms with Crippen molar-refractivity contribution in [3.63, 3.8) is 0 Å². The minimum absolute atomic E-state index is 0.0390. The van der Waals surface area contributed by atoms with E-state index in [1.54, 1.807) is 18.2 Å². The topological polar surface area (TPSA) is 21.3 Å². The molecule has 1 unspecified atom stereocenters. The SMILES string of the molecule is CCNC(COc1ccc(F)cc1F)c1ccccc1F. The van der Waals surface area contributed by atoms with Crippen LogP contribution in [0.25, 0.3) is 0 Å². The van der Waals surface area contributed by atoms with E-state index < -0.39 is 17.7 Å². The van der Waals surface area contributed by atoms with Crippen molar-refractivity contribution in [2.75, 3.05) is 13.2 Å². The van der Waals surface area contributed by atoms with E-state index in [0.29, 0.717) is 12.1 Å². The Bertz CT molecular complexity index is 604. The Labute approximate surface area is 121 Å². The summed E-state index contributed by atoms with van der Waals surface area (Å²) in [5.74, 6) is -1.86. The molecule has 0 aliphatic carbocycles. The van der Waals surface area contributed by atoms with Crippen molar-refractivity contribution in [1.29, 1.82) is 0 Å². The van der Waals surface area contributed by atoms with Crippen LogP contribution in [0.3, 0.4) is 0 Å². The van der Waals surface area contributed by atoms with Crippen LogP contribution < -0.4 is 10.1 Å². The molecule has 21 heavy (non-hydrogen) atoms. The number of hydrogen-bond donors (Lipinski definition) is 1. The van der Waals surface area contributed by atoms with Gasteiger partial charge in [-0.2, -0.15) is 0 Å². The number of halogens is 3. The van der Waals surface area contributed by atoms with Gasteiger partial charge in [-0.25, -0.2) is 13.2 Å². The monoisotopic (exact) mass is 295 g/mol. The van der Waals surface area contributed by atoms with Crippen molar-refractivity contribution in [3.05, 3.63) is 65.5 Å². The Hall–Kier alpha value is -2.01. The van der Waals surface area contributed by atoms with E-state index in [-0.39, 0.29) is 18.2 Å². The summed E-state index contributed by atoms with van der Waals surface area (Å²) in [6, 6.07) is 8.99. The van der Waals surface area contributed by atoms with Gasteiger partial charge in [-0.05, 0) is 24.7 Å². The highest BCUT2D eigenvalue weighted by molar-refractivity contribution is 5.26. The first-order valence-electron chi connectivity index (χ1n) is 6.67. The quantitative estimate of drug-likeness (QED) is 0.874. The van der Waals surface area contributed by atoms with Crippen LogP contribution in [0.15, 0.2) is 42.5 Å². The molecule has 0 aromatic heterocycles. The first-order chi connectivity index (χ1) is 10.1. The van der Waals surface area contributed by atoms with Crippen LogP contribution in [0.4, 0.5) is 13.2 Å². The summed E-state index contributed by atoms with van der Waals surface area (Å²) < 4.78 is 45.5. The molecule has 2 aromatic rings. The number of ether oxygens (including phenoxy) is 1. The maximum atomic E-state index is 13.8. The number of benzene rings is 2. The highest BCUT2D eigenvalue weighted by atomic mass is 19.1. The molecule has 0 bridgehead atoms. The summed E-state index contributed by atoms with van der Waals surface area (Å²) in [5, 5.41) is 3.08. The predicted octanol–water partition coefficient (Wildman–Crippen LogP) is 3.83. The van der Waals surface area contributed by atoms with Crippen LogP contribution in [0, 0.1) is 17.5 Å². The molecule has 2 aromatic carbocycles. The molecule has 0 radical (unpaired) electrons. The van der Waals surface area contributed by atoms with Crippen molar-refractivity contribution in [2.24, 2.45) is 0 Å². The molecule has 0 saturated heterocycles. The van der Waals surface area contributed by atoms with E-state index in [0.717, 1.165) is 12.1 Å². The van der Waals surface area contributed by atoms with E-state index >= 15 is 0 Å². The number of nitrogens with one attached hydrogen (secondary N) is 1. The lowest BCUT2D eigenvalue weighted by Gasteiger charge is -2.19. The predicted molar refractivity (Wildman–Crippen MR) is 74.7 cm³/mol. The third-order valence-corrected chi connectivity index (χ3v) is 3.03. The van der Waals surface area contributed by atoms with Crippen LogP contribution in [0.5, 0.6) is 5.75 Å². The minimum Gasteiger partial charge on any atom is -0.489 e. The molecule has 2 nitrogen and oxygen atoms in total. The zero-order chi connectivity index (χ0) is 15.2. The van der Waals surface area contributed by atoms with Crippen molar-refractivity contribution >= 4 is 0 Å². The van der Waals surface area contributed by atoms with Crippen molar-refractivity contribution in [3.8, 4) is 5.75 Å². The molecule has 1 atom stereocenters. The summed E-state index contributed by atoms with van der Waals surface area (Å²) in [5.41, 5.74) is 0.446. The van der Waals surface area contributed by atoms with E-state index in [9.17, 15) is 13.2 Å². The van der Waals surface area contributed by atoms with Crippen LogP contribution in [0.1, 0.15) is 18.5 Å². The van der Waals surface area contributed by atoms with Crippen molar-refractivity contribution < 1.29 is 17.9 Å². The molecule has 2 rings (SSSR count). The van der Waals surface area contributed by atoms with Gasteiger partial charge in [0.2, 0.25) is 0 Å². The molecule has 0 aliphatic heterocycles. The van der Waals surface area contributed by atoms with Gasteiger partial charge >= 0.3 is 0 Å². The molecule has 0 spiro atoms. The molecule has 0 aliphatic rings. The fourth-order valence-corrected chi connectivity index (χ4v) is 2.03. The smallest absolute Gasteiger partial charge is 0.167 e. The van der Waals surface area contributed by atoms with Crippen LogP contribution >= 0.6 is 0 Å². The standard InChI is InChI=1S/C16H16F3NO/c1-2-20-15(12-5-3-4-6-13(12)18)10-21-16-8-7-11(17)9-14(16)19/h3-9,15,20H,2,10H2,1H3. The molecule has 0 saturated carbocycles. The summed E-state index contributed by atoms with van der Waals surface area (Å²) in [6.45, 7) is 2.53. The van der Waals surface area contributed by atoms with E-state index in [4.69, 9.17) is 4.74 Å². The summed E-state index contributed by atoms with van der Waals surface area (Å²) in [6.07, 6.45) is 0. The van der Waals surface area contributed by atoms with Gasteiger partial charge < -0.3 is 10.1 Å². The molecule has 0 amide bonds. The minimum atomic E-state index is -0.779. The van der Waals surface area contributed by atoms with Gasteiger partial charge in [-0.15, -0.1) is 0 Å². The summed E-state index contributed by atoms with van der Waals surface area (Å²) >= 11 is 0. The number of rotatable bonds is 6. The first kappa shape index (κ1) is 15.4. The van der Waals surface area contributed by atoms with Crippen molar-refractivity contribution in [1.82, 2.24) is 5.32 Å².